The first-order chi connectivity index (χ1) is 13.9. The van der Waals surface area contributed by atoms with Crippen LogP contribution in [0.5, 0.6) is 0 Å². The highest BCUT2D eigenvalue weighted by molar-refractivity contribution is 5.79. The van der Waals surface area contributed by atoms with Gasteiger partial charge < -0.3 is 4.84 Å². The highest BCUT2D eigenvalue weighted by Gasteiger charge is 2.14. The molecule has 1 aliphatic carbocycles. The molecule has 3 aromatic rings. The summed E-state index contributed by atoms with van der Waals surface area (Å²) in [6.45, 7) is 0.438. The lowest BCUT2D eigenvalue weighted by Gasteiger charge is -2.21. The second kappa shape index (κ2) is 9.36. The molecule has 28 heavy (non-hydrogen) atoms. The Morgan fingerprint density at radius 1 is 0.786 bits per heavy atom. The Morgan fingerprint density at radius 2 is 1.54 bits per heavy atom. The summed E-state index contributed by atoms with van der Waals surface area (Å²) in [5.41, 5.74) is 5.89. The highest BCUT2D eigenvalue weighted by atomic mass is 16.6. The van der Waals surface area contributed by atoms with Crippen molar-refractivity contribution in [1.82, 2.24) is 0 Å². The van der Waals surface area contributed by atoms with Crippen LogP contribution in [-0.2, 0) is 11.4 Å². The molecule has 1 saturated carbocycles. The molecular formula is C26H26NO. The van der Waals surface area contributed by atoms with E-state index >= 15 is 0 Å². The van der Waals surface area contributed by atoms with E-state index in [0.29, 0.717) is 6.61 Å². The molecule has 0 aromatic heterocycles. The van der Waals surface area contributed by atoms with Crippen molar-refractivity contribution in [3.05, 3.63) is 95.6 Å². The Bertz CT molecular complexity index is 893. The van der Waals surface area contributed by atoms with Gasteiger partial charge in [0.05, 0.1) is 0 Å². The first-order valence-corrected chi connectivity index (χ1v) is 10.2. The summed E-state index contributed by atoms with van der Waals surface area (Å²) in [5.74, 6) is 0.730. The van der Waals surface area contributed by atoms with Crippen LogP contribution in [0.3, 0.4) is 0 Å². The third-order valence-electron chi connectivity index (χ3n) is 5.49. The van der Waals surface area contributed by atoms with Crippen LogP contribution in [-0.4, -0.2) is 6.21 Å². The van der Waals surface area contributed by atoms with Crippen LogP contribution >= 0.6 is 0 Å². The van der Waals surface area contributed by atoms with E-state index in [9.17, 15) is 0 Å². The number of benzene rings is 3. The van der Waals surface area contributed by atoms with Gasteiger partial charge in [-0.3, -0.25) is 0 Å². The average Bonchev–Trinajstić information content (AvgIpc) is 2.79. The smallest absolute Gasteiger partial charge is 0.142 e. The zero-order chi connectivity index (χ0) is 19.0. The summed E-state index contributed by atoms with van der Waals surface area (Å²) in [5, 5.41) is 4.03. The fraction of sp³-hybridized carbons (Fsp3) is 0.269. The van der Waals surface area contributed by atoms with Crippen molar-refractivity contribution in [2.45, 2.75) is 44.6 Å². The van der Waals surface area contributed by atoms with Gasteiger partial charge in [0.2, 0.25) is 0 Å². The van der Waals surface area contributed by atoms with Gasteiger partial charge in [0.25, 0.3) is 0 Å². The van der Waals surface area contributed by atoms with Crippen LogP contribution in [0.1, 0.15) is 54.7 Å². The SMILES string of the molecule is [C](=N/OCc1cccc(-c2ccccc2)c1)/c1ccc(C2CCCCC2)cc1. The molecular weight excluding hydrogens is 342 g/mol. The van der Waals surface area contributed by atoms with Gasteiger partial charge in [0.15, 0.2) is 0 Å². The minimum absolute atomic E-state index is 0.438. The van der Waals surface area contributed by atoms with Crippen molar-refractivity contribution >= 4 is 6.21 Å². The molecule has 0 bridgehead atoms. The van der Waals surface area contributed by atoms with E-state index in [0.717, 1.165) is 17.0 Å². The summed E-state index contributed by atoms with van der Waals surface area (Å²) in [7, 11) is 0. The molecule has 0 N–H and O–H groups in total. The molecule has 1 radical (unpaired) electrons. The average molecular weight is 369 g/mol. The third kappa shape index (κ3) is 4.89. The summed E-state index contributed by atoms with van der Waals surface area (Å²) in [6, 6.07) is 27.3. The van der Waals surface area contributed by atoms with Gasteiger partial charge in [0.1, 0.15) is 12.8 Å². The second-order valence-corrected chi connectivity index (χ2v) is 7.50. The molecule has 2 nitrogen and oxygen atoms in total. The molecule has 1 aliphatic rings. The summed E-state index contributed by atoms with van der Waals surface area (Å²) < 4.78 is 0. The Hall–Kier alpha value is -2.87. The Kier molecular flexibility index (Phi) is 6.18. The molecule has 0 atom stereocenters. The summed E-state index contributed by atoms with van der Waals surface area (Å²) in [4.78, 5) is 5.47. The molecule has 0 saturated heterocycles. The van der Waals surface area contributed by atoms with Crippen molar-refractivity contribution in [1.29, 1.82) is 0 Å². The van der Waals surface area contributed by atoms with Crippen LogP contribution in [0.4, 0.5) is 0 Å². The highest BCUT2D eigenvalue weighted by Crippen LogP contribution is 2.32. The largest absolute Gasteiger partial charge is 0.390 e. The topological polar surface area (TPSA) is 21.6 Å². The normalized spacial score (nSPS) is 15.0. The monoisotopic (exact) mass is 368 g/mol. The van der Waals surface area contributed by atoms with Gasteiger partial charge in [-0.25, -0.2) is 0 Å². The van der Waals surface area contributed by atoms with Gasteiger partial charge in [-0.05, 0) is 47.1 Å². The molecule has 4 rings (SSSR count). The first kappa shape index (κ1) is 18.5. The van der Waals surface area contributed by atoms with E-state index in [1.165, 1.54) is 48.8 Å². The Labute approximate surface area is 167 Å². The second-order valence-electron chi connectivity index (χ2n) is 7.50. The van der Waals surface area contributed by atoms with E-state index < -0.39 is 0 Å². The van der Waals surface area contributed by atoms with Crippen LogP contribution < -0.4 is 0 Å². The van der Waals surface area contributed by atoms with Crippen molar-refractivity contribution in [3.63, 3.8) is 0 Å². The van der Waals surface area contributed by atoms with Gasteiger partial charge in [-0.1, -0.05) is 97.2 Å². The standard InChI is InChI=1S/C26H26NO/c1-3-9-23(10-4-1)25-16-14-21(15-17-25)19-27-28-20-22-8-7-13-26(18-22)24-11-5-2-6-12-24/h2,5-8,11-18,23H,1,3-4,9-10,20H2. The maximum absolute atomic E-state index is 5.47. The minimum atomic E-state index is 0.438. The van der Waals surface area contributed by atoms with Crippen LogP contribution in [0.15, 0.2) is 84.0 Å². The van der Waals surface area contributed by atoms with Crippen molar-refractivity contribution in [2.24, 2.45) is 5.16 Å². The lowest BCUT2D eigenvalue weighted by Crippen LogP contribution is -2.04. The molecule has 2 heteroatoms. The number of rotatable bonds is 6. The molecule has 0 unspecified atom stereocenters. The molecule has 0 heterocycles. The van der Waals surface area contributed by atoms with Crippen molar-refractivity contribution < 1.29 is 4.84 Å². The molecule has 0 aliphatic heterocycles. The summed E-state index contributed by atoms with van der Waals surface area (Å²) in [6.07, 6.45) is 9.75. The predicted octanol–water partition coefficient (Wildman–Crippen LogP) is 6.83. The quantitative estimate of drug-likeness (QED) is 0.345. The molecule has 1 fully saturated rings. The zero-order valence-electron chi connectivity index (χ0n) is 16.2. The zero-order valence-corrected chi connectivity index (χ0v) is 16.2. The lowest BCUT2D eigenvalue weighted by atomic mass is 9.84. The van der Waals surface area contributed by atoms with E-state index in [1.54, 1.807) is 0 Å². The number of hydrogen-bond donors (Lipinski definition) is 0. The number of hydrogen-bond acceptors (Lipinski definition) is 2. The van der Waals surface area contributed by atoms with Crippen molar-refractivity contribution in [3.8, 4) is 11.1 Å². The van der Waals surface area contributed by atoms with Gasteiger partial charge in [-0.15, -0.1) is 0 Å². The van der Waals surface area contributed by atoms with E-state index in [1.807, 2.05) is 6.07 Å². The molecule has 141 valence electrons. The fourth-order valence-corrected chi connectivity index (χ4v) is 3.93. The summed E-state index contributed by atoms with van der Waals surface area (Å²) >= 11 is 0. The Balaban J connectivity index is 1.32. The first-order valence-electron chi connectivity index (χ1n) is 10.2. The predicted molar refractivity (Wildman–Crippen MR) is 115 cm³/mol. The Morgan fingerprint density at radius 3 is 2.32 bits per heavy atom. The number of nitrogens with zero attached hydrogens (tertiary/aromatic N) is 1. The van der Waals surface area contributed by atoms with E-state index in [2.05, 4.69) is 84.2 Å². The molecule has 0 amide bonds. The van der Waals surface area contributed by atoms with Crippen LogP contribution in [0.2, 0.25) is 0 Å². The minimum Gasteiger partial charge on any atom is -0.390 e. The maximum atomic E-state index is 5.47. The lowest BCUT2D eigenvalue weighted by molar-refractivity contribution is 0.132. The van der Waals surface area contributed by atoms with Crippen LogP contribution in [0, 0.1) is 0 Å². The third-order valence-corrected chi connectivity index (χ3v) is 5.49. The van der Waals surface area contributed by atoms with E-state index in [-0.39, 0.29) is 0 Å². The van der Waals surface area contributed by atoms with Crippen molar-refractivity contribution in [2.75, 3.05) is 0 Å². The van der Waals surface area contributed by atoms with Gasteiger partial charge >= 0.3 is 0 Å². The molecule has 0 spiro atoms. The van der Waals surface area contributed by atoms with E-state index in [4.69, 9.17) is 4.84 Å². The van der Waals surface area contributed by atoms with Crippen LogP contribution in [0.25, 0.3) is 11.1 Å². The van der Waals surface area contributed by atoms with Gasteiger partial charge in [0, 0.05) is 5.56 Å². The van der Waals surface area contributed by atoms with Gasteiger partial charge in [-0.2, -0.15) is 0 Å². The molecule has 3 aromatic carbocycles. The fourth-order valence-electron chi connectivity index (χ4n) is 3.93. The maximum Gasteiger partial charge on any atom is 0.142 e.